The number of urea groups is 1. The number of amides is 3. The van der Waals surface area contributed by atoms with E-state index in [4.69, 9.17) is 24.6 Å². The summed E-state index contributed by atoms with van der Waals surface area (Å²) in [5.41, 5.74) is 0. The Morgan fingerprint density at radius 3 is 1.54 bits per heavy atom. The van der Waals surface area contributed by atoms with Crippen molar-refractivity contribution in [1.29, 1.82) is 0 Å². The van der Waals surface area contributed by atoms with Gasteiger partial charge in [0.2, 0.25) is 5.91 Å². The Hall–Kier alpha value is -4.80. The van der Waals surface area contributed by atoms with E-state index in [1.165, 1.54) is 12.8 Å². The van der Waals surface area contributed by atoms with Crippen molar-refractivity contribution in [2.45, 2.75) is 115 Å². The molecule has 0 saturated carbocycles. The first-order valence-electron chi connectivity index (χ1n) is 17.8. The number of carbonyl (C=O) groups is 5. The van der Waals surface area contributed by atoms with Crippen molar-refractivity contribution in [3.8, 4) is 0 Å². The Bertz CT molecular complexity index is 1330. The fraction of sp³-hybridized carbons (Fsp3) is 0.611. The van der Waals surface area contributed by atoms with Crippen LogP contribution in [-0.2, 0) is 81.2 Å². The average molecular weight is 964 g/mol. The molecule has 2 heterocycles. The van der Waals surface area contributed by atoms with E-state index in [0.717, 1.165) is 69.8 Å². The second-order valence-electron chi connectivity index (χ2n) is 12.4. The molecule has 20 heteroatoms. The Balaban J connectivity index is -0.00000382. The molecule has 1 radical (unpaired) electrons. The summed E-state index contributed by atoms with van der Waals surface area (Å²) in [6, 6.07) is -3.72. The van der Waals surface area contributed by atoms with Gasteiger partial charge in [0.25, 0.3) is 0 Å². The molecular formula is C36H57N8O11Re-3. The number of unbranched alkanes of at least 4 members (excludes halogenated alkanes) is 8. The van der Waals surface area contributed by atoms with Crippen molar-refractivity contribution >= 4 is 50.2 Å². The van der Waals surface area contributed by atoms with Crippen LogP contribution in [0.25, 0.3) is 0 Å². The summed E-state index contributed by atoms with van der Waals surface area (Å²) in [4.78, 5) is 92.3. The van der Waals surface area contributed by atoms with Gasteiger partial charge in [-0.05, 0) is 45.1 Å². The number of nitrogens with one attached hydrogen (secondary N) is 3. The number of aryl methyl sites for hydroxylation is 2. The molecule has 0 aliphatic carbocycles. The number of hydrogen-bond donors (Lipinski definition) is 6. The smallest absolute Gasteiger partial charge is 0.326 e. The standard InChI is InChI=1S/C33H54N8O8.3CHO.Re/c1-39-21-18-34-27(39)23-41(24-28-35-19-22-40(28)2)20-12-8-6-4-3-5-7-9-14-29(42)36-17-11-10-13-25(31(45)46)37-33(49)38-26(32(47)48)15-16-30(43)44;3*1-2;/h18-19,21-22,25-26H,3-17,20,23-24H2,1-2H3,(H,36,42)(H,43,44)(H,45,46)(H,47,48)(H2,37,38,49);3*1H;/q;3*-1;/t25?,26-;;;;/m0..../s1. The second-order valence-corrected chi connectivity index (χ2v) is 12.4. The number of nitrogens with zero attached hydrogens (tertiary/aromatic N) is 5. The molecule has 0 spiro atoms. The number of aliphatic carboxylic acids is 3. The van der Waals surface area contributed by atoms with Gasteiger partial charge in [-0.25, -0.2) is 24.4 Å². The monoisotopic (exact) mass is 964 g/mol. The van der Waals surface area contributed by atoms with Gasteiger partial charge in [-0.1, -0.05) is 38.5 Å². The van der Waals surface area contributed by atoms with Gasteiger partial charge in [0.1, 0.15) is 23.7 Å². The molecule has 6 N–H and O–H groups in total. The second kappa shape index (κ2) is 35.9. The molecule has 2 aromatic heterocycles. The summed E-state index contributed by atoms with van der Waals surface area (Å²) < 4.78 is 4.11. The molecule has 0 aromatic carbocycles. The van der Waals surface area contributed by atoms with E-state index in [1.807, 2.05) is 38.9 Å². The van der Waals surface area contributed by atoms with Gasteiger partial charge in [0.15, 0.2) is 0 Å². The van der Waals surface area contributed by atoms with Crippen LogP contribution < -0.4 is 16.0 Å². The number of carboxylic acids is 3. The summed E-state index contributed by atoms with van der Waals surface area (Å²) in [5.74, 6) is -1.88. The number of carboxylic acid groups (broad SMARTS) is 3. The zero-order valence-corrected chi connectivity index (χ0v) is 34.9. The molecular weight excluding hydrogens is 907 g/mol. The average Bonchev–Trinajstić information content (AvgIpc) is 3.77. The number of imidazole rings is 2. The van der Waals surface area contributed by atoms with Crippen molar-refractivity contribution < 1.29 is 74.1 Å². The van der Waals surface area contributed by atoms with Crippen molar-refractivity contribution in [2.24, 2.45) is 14.1 Å². The third-order valence-electron chi connectivity index (χ3n) is 8.30. The summed E-state index contributed by atoms with van der Waals surface area (Å²) in [6.07, 6.45) is 16.9. The number of aromatic nitrogens is 4. The zero-order valence-electron chi connectivity index (χ0n) is 32.1. The normalized spacial score (nSPS) is 11.1. The molecule has 317 valence electrons. The van der Waals surface area contributed by atoms with Crippen molar-refractivity contribution in [3.63, 3.8) is 0 Å². The van der Waals surface area contributed by atoms with E-state index in [1.54, 1.807) is 0 Å². The first-order chi connectivity index (χ1) is 26.5. The van der Waals surface area contributed by atoms with Gasteiger partial charge in [0, 0.05) is 78.7 Å². The molecule has 1 unspecified atom stereocenters. The summed E-state index contributed by atoms with van der Waals surface area (Å²) >= 11 is 0. The molecule has 0 bridgehead atoms. The molecule has 0 aliphatic heterocycles. The van der Waals surface area contributed by atoms with E-state index in [2.05, 4.69) is 60.3 Å². The first-order valence-corrected chi connectivity index (χ1v) is 17.8. The molecule has 19 nitrogen and oxygen atoms in total. The van der Waals surface area contributed by atoms with Crippen LogP contribution in [0.2, 0.25) is 0 Å². The first kappa shape index (κ1) is 55.5. The molecule has 3 amide bonds. The van der Waals surface area contributed by atoms with E-state index in [9.17, 15) is 29.1 Å². The van der Waals surface area contributed by atoms with Gasteiger partial charge in [-0.2, -0.15) is 0 Å². The van der Waals surface area contributed by atoms with E-state index in [0.29, 0.717) is 25.8 Å². The molecule has 0 aliphatic rings. The van der Waals surface area contributed by atoms with Crippen molar-refractivity contribution in [3.05, 3.63) is 36.4 Å². The van der Waals surface area contributed by atoms with Crippen LogP contribution in [-0.4, -0.2) is 115 Å². The number of carbonyl (C=O) groups excluding carboxylic acids is 5. The van der Waals surface area contributed by atoms with Gasteiger partial charge in [-0.15, -0.1) is 0 Å². The minimum absolute atomic E-state index is 0. The van der Waals surface area contributed by atoms with E-state index >= 15 is 0 Å². The van der Waals surface area contributed by atoms with Crippen molar-refractivity contribution in [2.75, 3.05) is 13.1 Å². The fourth-order valence-corrected chi connectivity index (χ4v) is 5.32. The van der Waals surface area contributed by atoms with E-state index in [-0.39, 0.29) is 39.2 Å². The van der Waals surface area contributed by atoms with Crippen LogP contribution in [0.1, 0.15) is 102 Å². The van der Waals surface area contributed by atoms with Crippen LogP contribution >= 0.6 is 0 Å². The number of hydrogen-bond acceptors (Lipinski definition) is 11. The maximum absolute atomic E-state index is 12.2. The van der Waals surface area contributed by atoms with Crippen LogP contribution in [0, 0.1) is 0 Å². The van der Waals surface area contributed by atoms with Crippen LogP contribution in [0.5, 0.6) is 0 Å². The van der Waals surface area contributed by atoms with Gasteiger partial charge in [-0.3, -0.25) is 34.9 Å². The Kier molecular flexibility index (Phi) is 35.6. The third kappa shape index (κ3) is 26.9. The molecule has 56 heavy (non-hydrogen) atoms. The minimum atomic E-state index is -1.46. The van der Waals surface area contributed by atoms with E-state index < -0.39 is 42.4 Å². The molecule has 0 fully saturated rings. The Morgan fingerprint density at radius 2 is 1.11 bits per heavy atom. The summed E-state index contributed by atoms with van der Waals surface area (Å²) in [5, 5.41) is 34.4. The fourth-order valence-electron chi connectivity index (χ4n) is 5.32. The predicted molar refractivity (Wildman–Crippen MR) is 201 cm³/mol. The number of rotatable bonds is 27. The van der Waals surface area contributed by atoms with Crippen LogP contribution in [0.3, 0.4) is 0 Å². The maximum atomic E-state index is 12.2. The molecule has 0 saturated heterocycles. The molecule has 2 aromatic rings. The largest absolute Gasteiger partial charge is 0.545 e. The summed E-state index contributed by atoms with van der Waals surface area (Å²) in [7, 11) is 4.03. The minimum Gasteiger partial charge on any atom is -0.545 e. The van der Waals surface area contributed by atoms with Crippen molar-refractivity contribution in [1.82, 2.24) is 40.0 Å². The topological polar surface area (TPSA) is 272 Å². The molecule has 2 atom stereocenters. The predicted octanol–water partition coefficient (Wildman–Crippen LogP) is 2.20. The maximum Gasteiger partial charge on any atom is 0.326 e. The quantitative estimate of drug-likeness (QED) is 0.0426. The van der Waals surface area contributed by atoms with Crippen LogP contribution in [0.4, 0.5) is 4.79 Å². The van der Waals surface area contributed by atoms with Gasteiger partial charge < -0.3 is 54.8 Å². The third-order valence-corrected chi connectivity index (χ3v) is 8.30. The Morgan fingerprint density at radius 1 is 0.661 bits per heavy atom. The van der Waals surface area contributed by atoms with Crippen LogP contribution in [0.15, 0.2) is 24.8 Å². The molecule has 2 rings (SSSR count). The van der Waals surface area contributed by atoms with Gasteiger partial charge in [0.05, 0.1) is 13.1 Å². The Labute approximate surface area is 342 Å². The zero-order chi connectivity index (χ0) is 42.0. The van der Waals surface area contributed by atoms with Gasteiger partial charge >= 0.3 is 23.9 Å². The summed E-state index contributed by atoms with van der Waals surface area (Å²) in [6.45, 7) is 12.7. The SMILES string of the molecule is Cn1ccnc1CN(CCCCCCCCCCC(=O)NCCCCC(NC(=O)N[C@@H](CCC(=O)O)C(=O)O)C(=O)O)Cc1nccn1C.[CH-]=O.[CH-]=O.[CH-]=O.[Re].